The number of hydrogen-bond acceptors (Lipinski definition) is 60. The first kappa shape index (κ1) is 107. The van der Waals surface area contributed by atoms with E-state index in [1.54, 1.807) is 0 Å². The average Bonchev–Trinajstić information content (AvgIpc) is 0.783. The van der Waals surface area contributed by atoms with Gasteiger partial charge < -0.3 is 298 Å². The molecule has 0 radical (unpaired) electrons. The predicted molar refractivity (Wildman–Crippen MR) is 392 cm³/mol. The Morgan fingerprint density at radius 3 is 0.508 bits per heavy atom. The zero-order chi connectivity index (χ0) is 96.1. The first-order valence-electron chi connectivity index (χ1n) is 42.2. The maximum atomic E-state index is 12.1. The summed E-state index contributed by atoms with van der Waals surface area (Å²) in [4.78, 5) is 0. The van der Waals surface area contributed by atoms with Crippen molar-refractivity contribution >= 4 is 0 Å². The molecule has 28 aliphatic heterocycles. The van der Waals surface area contributed by atoms with E-state index in [-0.39, 0.29) is 0 Å². The lowest BCUT2D eigenvalue weighted by atomic mass is 9.94. The van der Waals surface area contributed by atoms with Crippen LogP contribution in [-0.2, 0) is 114 Å². The second kappa shape index (κ2) is 45.9. The Morgan fingerprint density at radius 2 is 0.303 bits per heavy atom. The van der Waals surface area contributed by atoms with Crippen molar-refractivity contribution in [3.8, 4) is 0 Å². The molecule has 0 aromatic heterocycles. The Hall–Kier alpha value is -2.40. The van der Waals surface area contributed by atoms with Crippen molar-refractivity contribution in [1.29, 1.82) is 0 Å². The zero-order valence-corrected chi connectivity index (χ0v) is 69.0. The van der Waals surface area contributed by atoms with Gasteiger partial charge in [0.15, 0.2) is 75.5 Å². The van der Waals surface area contributed by atoms with Gasteiger partial charge in [0.05, 0.1) is 79.3 Å². The third kappa shape index (κ3) is 21.5. The van der Waals surface area contributed by atoms with Crippen molar-refractivity contribution in [3.05, 3.63) is 0 Å². The summed E-state index contributed by atoms with van der Waals surface area (Å²) in [5, 5.41) is 401. The summed E-state index contributed by atoms with van der Waals surface area (Å²) in [6.07, 6.45) is -128. The van der Waals surface area contributed by atoms with Gasteiger partial charge in [-0.3, -0.25) is 0 Å². The first-order chi connectivity index (χ1) is 62.8. The van der Waals surface area contributed by atoms with Gasteiger partial charge in [0.25, 0.3) is 0 Å². The molecule has 60 atom stereocenters. The summed E-state index contributed by atoms with van der Waals surface area (Å²) in [5.74, 6) is 0. The van der Waals surface area contributed by atoms with E-state index >= 15 is 0 Å². The van der Waals surface area contributed by atoms with Crippen LogP contribution >= 0.6 is 0 Å². The van der Waals surface area contributed by atoms with E-state index in [0.717, 1.165) is 0 Å². The van der Waals surface area contributed by atoms with Crippen LogP contribution in [0.5, 0.6) is 0 Å². The minimum absolute atomic E-state index is 0.885. The van der Waals surface area contributed by atoms with Gasteiger partial charge in [-0.25, -0.2) is 0 Å². The first-order valence-corrected chi connectivity index (χ1v) is 42.2. The molecule has 0 aliphatic carbocycles. The molecule has 0 aromatic carbocycles. The SMILES string of the molecule is OCC1OC(OC2C(CO)OC(OC3C(CO)OC(OC4C(CO)OC(OC5C(CO)OC(OC6C(CO)OC(OCC7OC8OC9C(CO)OC(OC%10C(CO)OC(OC%11C(CO)OC(OC%12C(CO)OC(OC%13C(CO)OC(OC7C(O)C8O)C(O)C%13O)C(O)C%12O)C(O)C%11O)C(O)C%10O)C(O)C9O)C(O)C6O)C(O)C5O)C(O)C4O)C(O)C3O)C(O)C2O)C(O)C(O)C1O. The van der Waals surface area contributed by atoms with Crippen LogP contribution in [-0.4, -0.2) is 632 Å². The molecular formula is C72H120O60. The van der Waals surface area contributed by atoms with Gasteiger partial charge in [-0.1, -0.05) is 0 Å². The normalized spacial score (nSPS) is 54.8. The smallest absolute Gasteiger partial charge is 0.187 e. The maximum Gasteiger partial charge on any atom is 0.187 e. The van der Waals surface area contributed by atoms with Gasteiger partial charge >= 0.3 is 0 Å². The highest BCUT2D eigenvalue weighted by Gasteiger charge is 2.64. The second-order valence-corrected chi connectivity index (χ2v) is 33.7. The lowest BCUT2D eigenvalue weighted by Gasteiger charge is -2.51. The Bertz CT molecular complexity index is 3460. The third-order valence-corrected chi connectivity index (χ3v) is 25.3. The van der Waals surface area contributed by atoms with Crippen LogP contribution in [0.2, 0.25) is 0 Å². The van der Waals surface area contributed by atoms with Crippen molar-refractivity contribution in [3.63, 3.8) is 0 Å². The van der Waals surface area contributed by atoms with Crippen LogP contribution in [0.1, 0.15) is 0 Å². The van der Waals surface area contributed by atoms with Crippen molar-refractivity contribution in [2.75, 3.05) is 79.3 Å². The van der Waals surface area contributed by atoms with Crippen molar-refractivity contribution < 1.29 is 298 Å². The molecule has 28 fully saturated rings. The van der Waals surface area contributed by atoms with Crippen LogP contribution in [0.3, 0.4) is 0 Å². The average molecular weight is 1950 g/mol. The quantitative estimate of drug-likeness (QED) is 0.0427. The Balaban J connectivity index is 0.667. The number of aliphatic hydroxyl groups is 36. The molecular weight excluding hydrogens is 1820 g/mol. The van der Waals surface area contributed by atoms with E-state index in [1.807, 2.05) is 0 Å². The highest BCUT2D eigenvalue weighted by Crippen LogP contribution is 2.43. The largest absolute Gasteiger partial charge is 0.394 e. The monoisotopic (exact) mass is 1940 g/mol. The van der Waals surface area contributed by atoms with E-state index < -0.39 is 448 Å². The van der Waals surface area contributed by atoms with Crippen LogP contribution in [0.25, 0.3) is 0 Å². The van der Waals surface area contributed by atoms with Gasteiger partial charge in [-0.2, -0.15) is 0 Å². The van der Waals surface area contributed by atoms with Crippen LogP contribution < -0.4 is 0 Å². The van der Waals surface area contributed by atoms with Crippen molar-refractivity contribution in [2.24, 2.45) is 0 Å². The molecule has 768 valence electrons. The van der Waals surface area contributed by atoms with E-state index in [1.165, 1.54) is 0 Å². The van der Waals surface area contributed by atoms with E-state index in [2.05, 4.69) is 0 Å². The fourth-order valence-corrected chi connectivity index (χ4v) is 17.7. The lowest BCUT2D eigenvalue weighted by Crippen LogP contribution is -2.69. The maximum absolute atomic E-state index is 12.1. The number of ether oxygens (including phenoxy) is 24. The van der Waals surface area contributed by atoms with Crippen molar-refractivity contribution in [1.82, 2.24) is 0 Å². The van der Waals surface area contributed by atoms with Crippen LogP contribution in [0, 0.1) is 0 Å². The van der Waals surface area contributed by atoms with Gasteiger partial charge in [0, 0.05) is 0 Å². The summed E-state index contributed by atoms with van der Waals surface area (Å²) in [6.45, 7) is -13.6. The minimum atomic E-state index is -2.47. The molecule has 60 nitrogen and oxygen atoms in total. The number of aliphatic hydroxyl groups excluding tert-OH is 36. The standard InChI is InChI=1S/C72H120O60/c73-1-13-25(84)26(85)38(97)62(110-13)122-51-15(3-75)112-64(40(99)28(51)87)124-53-17(5-77)114-66(42(101)30(53)89)126-54-18(6-78)115-65(43(102)31(54)90)125-52-16(4-76)113-63(41(100)29(52)88)123-50-14(2-74)111-61(39(98)27(50)86)109-12-24-60-37(96)49(108)72(121-24)131-59-23(11-83)119-70(47(106)35(59)94)129-57-21(9-81)117-68(45(104)33(57)92)127-55-19(7-79)116-67(44(103)32(55)91)128-56-20(8-80)118-69(46(105)34(56)93)130-58-22(10-82)120-71(132-60)48(107)36(58)95/h13-108H,1-12H2. The molecule has 28 rings (SSSR count). The summed E-state index contributed by atoms with van der Waals surface area (Å²) in [5.41, 5.74) is 0. The minimum Gasteiger partial charge on any atom is -0.394 e. The molecule has 0 amide bonds. The van der Waals surface area contributed by atoms with E-state index in [0.29, 0.717) is 0 Å². The fraction of sp³-hybridized carbons (Fsp3) is 1.00. The molecule has 0 spiro atoms. The zero-order valence-electron chi connectivity index (χ0n) is 69.0. The van der Waals surface area contributed by atoms with E-state index in [4.69, 9.17) is 114 Å². The number of hydrogen-bond donors (Lipinski definition) is 36. The summed E-state index contributed by atoms with van der Waals surface area (Å²) in [7, 11) is 0. The lowest BCUT2D eigenvalue weighted by molar-refractivity contribution is -0.406. The third-order valence-electron chi connectivity index (χ3n) is 25.3. The molecule has 28 saturated heterocycles. The summed E-state index contributed by atoms with van der Waals surface area (Å²) < 4.78 is 138. The molecule has 28 aliphatic rings. The van der Waals surface area contributed by atoms with Gasteiger partial charge in [-0.15, -0.1) is 0 Å². The highest BCUT2D eigenvalue weighted by atomic mass is 16.8. The molecule has 132 heavy (non-hydrogen) atoms. The van der Waals surface area contributed by atoms with Gasteiger partial charge in [-0.05, 0) is 0 Å². The molecule has 60 unspecified atom stereocenters. The Morgan fingerprint density at radius 1 is 0.136 bits per heavy atom. The predicted octanol–water partition coefficient (Wildman–Crippen LogP) is -26.1. The summed E-state index contributed by atoms with van der Waals surface area (Å²) in [6, 6.07) is 0. The van der Waals surface area contributed by atoms with E-state index in [9.17, 15) is 184 Å². The Labute approximate surface area is 743 Å². The van der Waals surface area contributed by atoms with Gasteiger partial charge in [0.1, 0.15) is 293 Å². The molecule has 60 heteroatoms. The molecule has 28 heterocycles. The topological polar surface area (TPSA) is 950 Å². The fourth-order valence-electron chi connectivity index (χ4n) is 17.7. The molecule has 0 aromatic rings. The van der Waals surface area contributed by atoms with Crippen LogP contribution in [0.4, 0.5) is 0 Å². The molecule has 0 saturated carbocycles. The Kier molecular flexibility index (Phi) is 37.2. The second-order valence-electron chi connectivity index (χ2n) is 33.7. The van der Waals surface area contributed by atoms with Crippen molar-refractivity contribution in [2.45, 2.75) is 368 Å². The number of rotatable bonds is 24. The summed E-state index contributed by atoms with van der Waals surface area (Å²) >= 11 is 0. The molecule has 36 N–H and O–H groups in total. The van der Waals surface area contributed by atoms with Crippen LogP contribution in [0.15, 0.2) is 0 Å². The highest BCUT2D eigenvalue weighted by molar-refractivity contribution is 5.06. The molecule has 12 bridgehead atoms. The van der Waals surface area contributed by atoms with Gasteiger partial charge in [0.2, 0.25) is 0 Å².